The van der Waals surface area contributed by atoms with Gasteiger partial charge in [-0.15, -0.1) is 0 Å². The van der Waals surface area contributed by atoms with E-state index < -0.39 is 6.04 Å². The lowest BCUT2D eigenvalue weighted by Gasteiger charge is -2.17. The SMILES string of the molecule is CCN(C)CCNC1CC(=O)N(c2ccccc2)C1=O. The van der Waals surface area contributed by atoms with E-state index in [-0.39, 0.29) is 18.2 Å². The lowest BCUT2D eigenvalue weighted by molar-refractivity contribution is -0.121. The van der Waals surface area contributed by atoms with Crippen LogP contribution in [0.2, 0.25) is 0 Å². The Hall–Kier alpha value is -1.72. The number of carbonyl (C=O) groups excluding carboxylic acids is 2. The molecule has 0 aromatic heterocycles. The molecule has 5 nitrogen and oxygen atoms in total. The molecule has 20 heavy (non-hydrogen) atoms. The Morgan fingerprint density at radius 3 is 2.65 bits per heavy atom. The second-order valence-corrected chi connectivity index (χ2v) is 5.01. The van der Waals surface area contributed by atoms with Crippen molar-refractivity contribution in [1.82, 2.24) is 10.2 Å². The first kappa shape index (κ1) is 14.7. The highest BCUT2D eigenvalue weighted by Crippen LogP contribution is 2.22. The van der Waals surface area contributed by atoms with Gasteiger partial charge in [-0.1, -0.05) is 25.1 Å². The monoisotopic (exact) mass is 275 g/mol. The maximum absolute atomic E-state index is 12.3. The molecule has 1 aromatic carbocycles. The van der Waals surface area contributed by atoms with Gasteiger partial charge < -0.3 is 10.2 Å². The fourth-order valence-corrected chi connectivity index (χ4v) is 2.23. The van der Waals surface area contributed by atoms with Crippen molar-refractivity contribution in [3.63, 3.8) is 0 Å². The smallest absolute Gasteiger partial charge is 0.251 e. The molecule has 0 bridgehead atoms. The third-order valence-electron chi connectivity index (χ3n) is 3.59. The third kappa shape index (κ3) is 3.23. The molecule has 1 saturated heterocycles. The van der Waals surface area contributed by atoms with Crippen LogP contribution in [-0.2, 0) is 9.59 Å². The van der Waals surface area contributed by atoms with Gasteiger partial charge in [-0.2, -0.15) is 0 Å². The van der Waals surface area contributed by atoms with Crippen molar-refractivity contribution >= 4 is 17.5 Å². The second-order valence-electron chi connectivity index (χ2n) is 5.01. The average Bonchev–Trinajstić information content (AvgIpc) is 2.74. The Bertz CT molecular complexity index is 475. The fourth-order valence-electron chi connectivity index (χ4n) is 2.23. The second kappa shape index (κ2) is 6.63. The van der Waals surface area contributed by atoms with Crippen molar-refractivity contribution in [2.24, 2.45) is 0 Å². The maximum Gasteiger partial charge on any atom is 0.251 e. The van der Waals surface area contributed by atoms with E-state index in [0.717, 1.165) is 13.1 Å². The van der Waals surface area contributed by atoms with E-state index in [1.165, 1.54) is 4.90 Å². The molecule has 1 heterocycles. The molecule has 1 N–H and O–H groups in total. The first-order valence-corrected chi connectivity index (χ1v) is 6.97. The summed E-state index contributed by atoms with van der Waals surface area (Å²) in [6.45, 7) is 4.62. The number of nitrogens with one attached hydrogen (secondary N) is 1. The summed E-state index contributed by atoms with van der Waals surface area (Å²) < 4.78 is 0. The van der Waals surface area contributed by atoms with Crippen LogP contribution in [0.15, 0.2) is 30.3 Å². The van der Waals surface area contributed by atoms with Gasteiger partial charge in [-0.3, -0.25) is 9.59 Å². The lowest BCUT2D eigenvalue weighted by Crippen LogP contribution is -2.41. The van der Waals surface area contributed by atoms with Gasteiger partial charge in [-0.25, -0.2) is 4.90 Å². The van der Waals surface area contributed by atoms with Gasteiger partial charge in [0.1, 0.15) is 0 Å². The minimum absolute atomic E-state index is 0.137. The highest BCUT2D eigenvalue weighted by atomic mass is 16.2. The largest absolute Gasteiger partial charge is 0.305 e. The Morgan fingerprint density at radius 2 is 2.00 bits per heavy atom. The number of nitrogens with zero attached hydrogens (tertiary/aromatic N) is 2. The van der Waals surface area contributed by atoms with Crippen LogP contribution in [-0.4, -0.2) is 49.4 Å². The fraction of sp³-hybridized carbons (Fsp3) is 0.467. The van der Waals surface area contributed by atoms with Gasteiger partial charge in [0.2, 0.25) is 5.91 Å². The number of para-hydroxylation sites is 1. The van der Waals surface area contributed by atoms with Crippen LogP contribution >= 0.6 is 0 Å². The molecule has 1 aromatic rings. The molecule has 0 saturated carbocycles. The first-order chi connectivity index (χ1) is 9.63. The predicted molar refractivity (Wildman–Crippen MR) is 78.5 cm³/mol. The Balaban J connectivity index is 1.95. The molecule has 0 aliphatic carbocycles. The maximum atomic E-state index is 12.3. The van der Waals surface area contributed by atoms with E-state index in [0.29, 0.717) is 12.2 Å². The number of hydrogen-bond acceptors (Lipinski definition) is 4. The van der Waals surface area contributed by atoms with Crippen molar-refractivity contribution in [1.29, 1.82) is 0 Å². The molecule has 2 amide bonds. The van der Waals surface area contributed by atoms with Crippen LogP contribution in [0.25, 0.3) is 0 Å². The molecule has 1 fully saturated rings. The van der Waals surface area contributed by atoms with Crippen LogP contribution < -0.4 is 10.2 Å². The summed E-state index contributed by atoms with van der Waals surface area (Å²) in [7, 11) is 2.03. The standard InChI is InChI=1S/C15H21N3O2/c1-3-17(2)10-9-16-13-11-14(19)18(15(13)20)12-7-5-4-6-8-12/h4-8,13,16H,3,9-11H2,1-2H3. The molecular formula is C15H21N3O2. The number of rotatable bonds is 6. The minimum Gasteiger partial charge on any atom is -0.305 e. The third-order valence-corrected chi connectivity index (χ3v) is 3.59. The molecule has 0 spiro atoms. The highest BCUT2D eigenvalue weighted by molar-refractivity contribution is 6.22. The number of anilines is 1. The summed E-state index contributed by atoms with van der Waals surface area (Å²) in [6, 6.07) is 8.68. The van der Waals surface area contributed by atoms with Gasteiger partial charge in [-0.05, 0) is 25.7 Å². The number of imide groups is 1. The molecule has 1 aliphatic rings. The molecule has 1 aliphatic heterocycles. The van der Waals surface area contributed by atoms with Crippen molar-refractivity contribution in [2.75, 3.05) is 31.6 Å². The topological polar surface area (TPSA) is 52.7 Å². The van der Waals surface area contributed by atoms with Crippen LogP contribution in [0.1, 0.15) is 13.3 Å². The van der Waals surface area contributed by atoms with Crippen molar-refractivity contribution < 1.29 is 9.59 Å². The van der Waals surface area contributed by atoms with E-state index in [2.05, 4.69) is 17.1 Å². The Labute approximate surface area is 119 Å². The summed E-state index contributed by atoms with van der Waals surface area (Å²) in [5.41, 5.74) is 0.650. The van der Waals surface area contributed by atoms with Gasteiger partial charge in [0.15, 0.2) is 0 Å². The number of hydrogen-bond donors (Lipinski definition) is 1. The molecule has 1 unspecified atom stereocenters. The zero-order chi connectivity index (χ0) is 14.5. The number of carbonyl (C=O) groups is 2. The van der Waals surface area contributed by atoms with Crippen LogP contribution in [0.5, 0.6) is 0 Å². The number of amides is 2. The zero-order valence-electron chi connectivity index (χ0n) is 12.0. The molecule has 108 valence electrons. The summed E-state index contributed by atoms with van der Waals surface area (Å²) in [5.74, 6) is -0.289. The van der Waals surface area contributed by atoms with Gasteiger partial charge >= 0.3 is 0 Å². The lowest BCUT2D eigenvalue weighted by atomic mass is 10.2. The average molecular weight is 275 g/mol. The zero-order valence-corrected chi connectivity index (χ0v) is 12.0. The number of benzene rings is 1. The van der Waals surface area contributed by atoms with E-state index in [4.69, 9.17) is 0 Å². The molecule has 2 rings (SSSR count). The summed E-state index contributed by atoms with van der Waals surface area (Å²) in [4.78, 5) is 27.7. The predicted octanol–water partition coefficient (Wildman–Crippen LogP) is 0.860. The normalized spacial score (nSPS) is 19.1. The van der Waals surface area contributed by atoms with Gasteiger partial charge in [0, 0.05) is 13.1 Å². The Kier molecular flexibility index (Phi) is 4.87. The van der Waals surface area contributed by atoms with Crippen molar-refractivity contribution in [3.05, 3.63) is 30.3 Å². The quantitative estimate of drug-likeness (QED) is 0.782. The molecule has 5 heteroatoms. The van der Waals surface area contributed by atoms with Crippen LogP contribution in [0, 0.1) is 0 Å². The first-order valence-electron chi connectivity index (χ1n) is 6.97. The van der Waals surface area contributed by atoms with E-state index in [1.807, 2.05) is 25.2 Å². The summed E-state index contributed by atoms with van der Waals surface area (Å²) in [6.07, 6.45) is 0.240. The van der Waals surface area contributed by atoms with Gasteiger partial charge in [0.25, 0.3) is 5.91 Å². The van der Waals surface area contributed by atoms with Crippen LogP contribution in [0.3, 0.4) is 0 Å². The van der Waals surface area contributed by atoms with E-state index >= 15 is 0 Å². The van der Waals surface area contributed by atoms with Crippen molar-refractivity contribution in [3.8, 4) is 0 Å². The van der Waals surface area contributed by atoms with E-state index in [9.17, 15) is 9.59 Å². The Morgan fingerprint density at radius 1 is 1.30 bits per heavy atom. The number of likely N-dealkylation sites (N-methyl/N-ethyl adjacent to an activating group) is 1. The molecule has 1 atom stereocenters. The summed E-state index contributed by atoms with van der Waals surface area (Å²) >= 11 is 0. The summed E-state index contributed by atoms with van der Waals surface area (Å²) in [5, 5.41) is 3.17. The van der Waals surface area contributed by atoms with Crippen molar-refractivity contribution in [2.45, 2.75) is 19.4 Å². The highest BCUT2D eigenvalue weighted by Gasteiger charge is 2.38. The molecular weight excluding hydrogens is 254 g/mol. The molecule has 0 radical (unpaired) electrons. The van der Waals surface area contributed by atoms with E-state index in [1.54, 1.807) is 12.1 Å². The van der Waals surface area contributed by atoms with Crippen LogP contribution in [0.4, 0.5) is 5.69 Å². The van der Waals surface area contributed by atoms with Gasteiger partial charge in [0.05, 0.1) is 18.2 Å². The minimum atomic E-state index is -0.395.